The quantitative estimate of drug-likeness (QED) is 0.0489. The molecule has 0 radical (unpaired) electrons. The standard InChI is InChI=1S/C22H21NO24S/c1-13-7-8-14(2)18(11-13)23-22(26)17-12-19(15-5-3-4-6-16(15)21(17)25)48-10-9-20(24)28-30-32-34-36-38-40-42-44-46-47-45-43-41-39-37-35-33-31-29-27/h3-8,11-12,25,27H,9-10H2,1-2H3,(H,23,26). The molecule has 0 unspecified atom stereocenters. The van der Waals surface area contributed by atoms with Gasteiger partial charge in [0, 0.05) is 77.1 Å². The van der Waals surface area contributed by atoms with Crippen LogP contribution < -0.4 is 5.32 Å². The average Bonchev–Trinajstić information content (AvgIpc) is 3.08. The first-order chi connectivity index (χ1) is 23.4. The Bertz CT molecular complexity index is 1410. The van der Waals surface area contributed by atoms with E-state index >= 15 is 0 Å². The van der Waals surface area contributed by atoms with Crippen LogP contribution in [0.15, 0.2) is 53.4 Å². The third-order valence-electron chi connectivity index (χ3n) is 5.06. The monoisotopic (exact) mass is 715 g/mol. The number of fused-ring (bicyclic) bond motifs is 1. The zero-order valence-electron chi connectivity index (χ0n) is 23.8. The van der Waals surface area contributed by atoms with Gasteiger partial charge in [0.2, 0.25) is 0 Å². The first-order valence-corrected chi connectivity index (χ1v) is 13.2. The molecule has 0 aliphatic heterocycles. The summed E-state index contributed by atoms with van der Waals surface area (Å²) in [5.74, 6) is -1.42. The number of phenols is 1. The number of thioether (sulfide) groups is 1. The van der Waals surface area contributed by atoms with E-state index in [0.29, 0.717) is 21.4 Å². The Morgan fingerprint density at radius 2 is 1.21 bits per heavy atom. The number of aryl methyl sites for hydroxylation is 2. The van der Waals surface area contributed by atoms with Gasteiger partial charge in [0.1, 0.15) is 5.75 Å². The van der Waals surface area contributed by atoms with E-state index in [4.69, 9.17) is 5.26 Å². The minimum atomic E-state index is -0.895. The third kappa shape index (κ3) is 14.1. The molecule has 48 heavy (non-hydrogen) atoms. The van der Waals surface area contributed by atoms with Gasteiger partial charge < -0.3 is 10.4 Å². The van der Waals surface area contributed by atoms with Gasteiger partial charge in [0.05, 0.1) is 12.0 Å². The van der Waals surface area contributed by atoms with Gasteiger partial charge in [-0.3, -0.25) is 9.68 Å². The highest BCUT2D eigenvalue weighted by molar-refractivity contribution is 7.99. The maximum Gasteiger partial charge on any atom is 0.346 e. The van der Waals surface area contributed by atoms with Crippen LogP contribution in [0.1, 0.15) is 27.9 Å². The lowest BCUT2D eigenvalue weighted by Gasteiger charge is -2.14. The number of amides is 1. The van der Waals surface area contributed by atoms with Crippen LogP contribution in [0.5, 0.6) is 5.75 Å². The number of phenolic OH excluding ortho intramolecular Hbond substituents is 1. The minimum absolute atomic E-state index is 0.0490. The van der Waals surface area contributed by atoms with Gasteiger partial charge in [0.25, 0.3) is 5.91 Å². The second kappa shape index (κ2) is 22.7. The lowest BCUT2D eigenvalue weighted by molar-refractivity contribution is -0.895. The van der Waals surface area contributed by atoms with Crippen molar-refractivity contribution in [3.63, 3.8) is 0 Å². The molecule has 26 heteroatoms. The Hall–Kier alpha value is -3.79. The van der Waals surface area contributed by atoms with Crippen LogP contribution in [-0.2, 0) is 105 Å². The van der Waals surface area contributed by atoms with E-state index in [1.807, 2.05) is 32.0 Å². The fourth-order valence-corrected chi connectivity index (χ4v) is 4.23. The van der Waals surface area contributed by atoms with Gasteiger partial charge >= 0.3 is 5.97 Å². The Balaban J connectivity index is 1.26. The summed E-state index contributed by atoms with van der Waals surface area (Å²) in [5.41, 5.74) is 2.46. The summed E-state index contributed by atoms with van der Waals surface area (Å²) < 4.78 is 0. The van der Waals surface area contributed by atoms with Crippen molar-refractivity contribution in [2.75, 3.05) is 11.1 Å². The third-order valence-corrected chi connectivity index (χ3v) is 6.11. The minimum Gasteiger partial charge on any atom is -0.506 e. The first kappa shape index (κ1) is 38.7. The lowest BCUT2D eigenvalue weighted by Crippen LogP contribution is -2.13. The Morgan fingerprint density at radius 1 is 0.688 bits per heavy atom. The second-order valence-electron chi connectivity index (χ2n) is 7.94. The van der Waals surface area contributed by atoms with Crippen LogP contribution in [0.2, 0.25) is 0 Å². The molecule has 0 aliphatic carbocycles. The number of nitrogens with one attached hydrogen (secondary N) is 1. The molecular formula is C22H21NO24S. The Labute approximate surface area is 268 Å². The second-order valence-corrected chi connectivity index (χ2v) is 9.08. The highest BCUT2D eigenvalue weighted by Gasteiger charge is 2.19. The van der Waals surface area contributed by atoms with Gasteiger partial charge in [-0.1, -0.05) is 36.4 Å². The smallest absolute Gasteiger partial charge is 0.346 e. The molecule has 0 spiro atoms. The van der Waals surface area contributed by atoms with Crippen molar-refractivity contribution in [1.29, 1.82) is 0 Å². The average molecular weight is 715 g/mol. The van der Waals surface area contributed by atoms with Crippen molar-refractivity contribution in [2.45, 2.75) is 25.2 Å². The van der Waals surface area contributed by atoms with Crippen molar-refractivity contribution < 1.29 is 121 Å². The van der Waals surface area contributed by atoms with Gasteiger partial charge in [-0.2, -0.15) is 0 Å². The lowest BCUT2D eigenvalue weighted by atomic mass is 10.0. The maximum atomic E-state index is 13.1. The number of anilines is 1. The van der Waals surface area contributed by atoms with E-state index in [0.717, 1.165) is 11.1 Å². The van der Waals surface area contributed by atoms with Crippen molar-refractivity contribution >= 4 is 40.1 Å². The number of carbonyl (C=O) groups excluding carboxylic acids is 2. The molecule has 3 aromatic rings. The largest absolute Gasteiger partial charge is 0.506 e. The van der Waals surface area contributed by atoms with Crippen LogP contribution in [-0.4, -0.2) is 28.0 Å². The van der Waals surface area contributed by atoms with Crippen LogP contribution in [0, 0.1) is 13.8 Å². The van der Waals surface area contributed by atoms with Crippen LogP contribution in [0.4, 0.5) is 5.69 Å². The molecule has 3 N–H and O–H groups in total. The molecule has 0 saturated carbocycles. The zero-order valence-corrected chi connectivity index (χ0v) is 24.6. The molecule has 0 aliphatic rings. The van der Waals surface area contributed by atoms with E-state index in [-0.39, 0.29) is 23.5 Å². The topological polar surface area (TPSA) is 271 Å². The highest BCUT2D eigenvalue weighted by Crippen LogP contribution is 2.37. The summed E-state index contributed by atoms with van der Waals surface area (Å²) in [5, 5.41) is 90.1. The molecular weight excluding hydrogens is 694 g/mol. The Kier molecular flexibility index (Phi) is 18.3. The summed E-state index contributed by atoms with van der Waals surface area (Å²) in [4.78, 5) is 30.0. The normalized spacial score (nSPS) is 11.2. The fourth-order valence-electron chi connectivity index (χ4n) is 3.21. The van der Waals surface area contributed by atoms with Crippen molar-refractivity contribution in [3.8, 4) is 5.75 Å². The van der Waals surface area contributed by atoms with E-state index in [9.17, 15) is 14.7 Å². The Morgan fingerprint density at radius 3 is 1.77 bits per heavy atom. The van der Waals surface area contributed by atoms with Gasteiger partial charge in [-0.15, -0.1) is 11.8 Å². The highest BCUT2D eigenvalue weighted by atomic mass is 32.2. The van der Waals surface area contributed by atoms with Gasteiger partial charge in [-0.05, 0) is 82.8 Å². The molecule has 0 bridgehead atoms. The first-order valence-electron chi connectivity index (χ1n) is 12.2. The molecule has 0 atom stereocenters. The molecule has 0 saturated heterocycles. The van der Waals surface area contributed by atoms with E-state index in [1.54, 1.807) is 24.3 Å². The van der Waals surface area contributed by atoms with Crippen LogP contribution >= 0.6 is 11.8 Å². The number of hydrogen-bond donors (Lipinski definition) is 3. The van der Waals surface area contributed by atoms with E-state index < -0.39 is 11.9 Å². The van der Waals surface area contributed by atoms with Crippen molar-refractivity contribution in [2.24, 2.45) is 0 Å². The van der Waals surface area contributed by atoms with Crippen molar-refractivity contribution in [3.05, 3.63) is 65.2 Å². The number of carbonyl (C=O) groups is 2. The van der Waals surface area contributed by atoms with Crippen LogP contribution in [0.25, 0.3) is 10.8 Å². The van der Waals surface area contributed by atoms with Crippen molar-refractivity contribution in [1.82, 2.24) is 0 Å². The number of rotatable bonds is 25. The molecule has 3 rings (SSSR count). The molecule has 25 nitrogen and oxygen atoms in total. The van der Waals surface area contributed by atoms with Gasteiger partial charge in [0.15, 0.2) is 0 Å². The summed E-state index contributed by atoms with van der Waals surface area (Å²) >= 11 is 1.22. The maximum absolute atomic E-state index is 13.1. The van der Waals surface area contributed by atoms with Gasteiger partial charge in [-0.25, -0.2) is 10.1 Å². The SMILES string of the molecule is Cc1ccc(C)c(NC(=O)c2cc(SCCC(=O)OOOOOOOOOOOOOOOOOOOOO)c3ccccc3c2O)c1. The summed E-state index contributed by atoms with van der Waals surface area (Å²) in [6.45, 7) is 3.75. The zero-order chi connectivity index (χ0) is 34.4. The number of hydrogen-bond acceptors (Lipinski definition) is 25. The summed E-state index contributed by atoms with van der Waals surface area (Å²) in [7, 11) is 0. The number of benzene rings is 3. The van der Waals surface area contributed by atoms with Crippen LogP contribution in [0.3, 0.4) is 0 Å². The molecule has 1 amide bonds. The molecule has 264 valence electrons. The predicted octanol–water partition coefficient (Wildman–Crippen LogP) is 3.61. The molecule has 0 aromatic heterocycles. The summed E-state index contributed by atoms with van der Waals surface area (Å²) in [6, 6.07) is 14.1. The molecule has 3 aromatic carbocycles. The van der Waals surface area contributed by atoms with E-state index in [1.165, 1.54) is 17.8 Å². The number of aromatic hydroxyl groups is 1. The predicted molar refractivity (Wildman–Crippen MR) is 134 cm³/mol. The molecule has 0 heterocycles. The molecule has 0 fully saturated rings. The fraction of sp³-hybridized carbons (Fsp3) is 0.182. The summed E-state index contributed by atoms with van der Waals surface area (Å²) in [6.07, 6.45) is -0.192. The van der Waals surface area contributed by atoms with E-state index in [2.05, 4.69) is 106 Å².